The topological polar surface area (TPSA) is 107 Å². The molecule has 0 bridgehead atoms. The van der Waals surface area contributed by atoms with Crippen LogP contribution in [0.15, 0.2) is 78.9 Å². The third kappa shape index (κ3) is 5.34. The van der Waals surface area contributed by atoms with Crippen molar-refractivity contribution in [2.75, 3.05) is 4.90 Å². The smallest absolute Gasteiger partial charge is 0.415 e. The molecule has 9 heteroatoms. The molecule has 9 nitrogen and oxygen atoms in total. The number of likely N-dealkylation sites (tertiary alicyclic amines) is 1. The Morgan fingerprint density at radius 3 is 2.04 bits per heavy atom. The molecular formula is C36H37N3O6. The van der Waals surface area contributed by atoms with E-state index in [1.807, 2.05) is 78.9 Å². The Balaban J connectivity index is 1.24. The van der Waals surface area contributed by atoms with Crippen LogP contribution in [0.5, 0.6) is 0 Å². The highest BCUT2D eigenvalue weighted by Crippen LogP contribution is 2.42. The number of carboxylic acids is 1. The third-order valence-electron chi connectivity index (χ3n) is 9.95. The number of carbonyl (C=O) groups is 4. The highest BCUT2D eigenvalue weighted by atomic mass is 16.6. The maximum Gasteiger partial charge on any atom is 0.415 e. The molecule has 2 fully saturated rings. The normalized spacial score (nSPS) is 24.3. The second-order valence-corrected chi connectivity index (χ2v) is 12.6. The van der Waals surface area contributed by atoms with Crippen LogP contribution in [0.4, 0.5) is 10.5 Å². The van der Waals surface area contributed by atoms with Crippen molar-refractivity contribution in [3.05, 3.63) is 101 Å². The van der Waals surface area contributed by atoms with Crippen molar-refractivity contribution >= 4 is 29.6 Å². The van der Waals surface area contributed by atoms with Crippen LogP contribution in [0.3, 0.4) is 0 Å². The Hall–Kier alpha value is -4.66. The fourth-order valence-corrected chi connectivity index (χ4v) is 7.72. The van der Waals surface area contributed by atoms with Gasteiger partial charge in [-0.25, -0.2) is 9.59 Å². The van der Waals surface area contributed by atoms with Crippen LogP contribution in [0, 0.1) is 0 Å². The molecule has 1 saturated heterocycles. The van der Waals surface area contributed by atoms with E-state index >= 15 is 0 Å². The zero-order valence-electron chi connectivity index (χ0n) is 25.1. The van der Waals surface area contributed by atoms with Gasteiger partial charge < -0.3 is 19.6 Å². The average Bonchev–Trinajstić information content (AvgIpc) is 3.83. The van der Waals surface area contributed by atoms with Crippen LogP contribution >= 0.6 is 0 Å². The summed E-state index contributed by atoms with van der Waals surface area (Å²) in [7, 11) is 0. The van der Waals surface area contributed by atoms with Crippen LogP contribution in [-0.2, 0) is 38.5 Å². The Kier molecular flexibility index (Phi) is 7.77. The van der Waals surface area contributed by atoms with Crippen LogP contribution in [-0.4, -0.2) is 63.0 Å². The van der Waals surface area contributed by atoms with Crippen LogP contribution < -0.4 is 4.90 Å². The first-order valence-corrected chi connectivity index (χ1v) is 16.0. The molecule has 0 radical (unpaired) electrons. The van der Waals surface area contributed by atoms with E-state index in [4.69, 9.17) is 4.74 Å². The minimum atomic E-state index is -1.07. The number of anilines is 1. The van der Waals surface area contributed by atoms with E-state index < -0.39 is 36.2 Å². The van der Waals surface area contributed by atoms with E-state index in [9.17, 15) is 24.3 Å². The lowest BCUT2D eigenvalue weighted by atomic mass is 9.93. The Labute approximate surface area is 262 Å². The fourth-order valence-electron chi connectivity index (χ4n) is 7.72. The number of ether oxygens (including phenoxy) is 1. The largest absolute Gasteiger partial charge is 0.480 e. The molecule has 7 rings (SSSR count). The maximum absolute atomic E-state index is 14.9. The molecule has 0 spiro atoms. The minimum absolute atomic E-state index is 0.162. The zero-order valence-corrected chi connectivity index (χ0v) is 25.1. The Morgan fingerprint density at radius 1 is 0.667 bits per heavy atom. The maximum atomic E-state index is 14.9. The summed E-state index contributed by atoms with van der Waals surface area (Å²) in [5.74, 6) is -1.77. The van der Waals surface area contributed by atoms with Gasteiger partial charge in [-0.1, -0.05) is 72.8 Å². The van der Waals surface area contributed by atoms with E-state index in [1.54, 1.807) is 4.90 Å². The number of amides is 3. The Morgan fingerprint density at radius 2 is 1.31 bits per heavy atom. The van der Waals surface area contributed by atoms with Crippen molar-refractivity contribution in [2.24, 2.45) is 0 Å². The molecule has 3 aliphatic heterocycles. The Bertz CT molecular complexity index is 1620. The first kappa shape index (κ1) is 29.1. The lowest BCUT2D eigenvalue weighted by molar-refractivity contribution is -0.155. The fraction of sp³-hybridized carbons (Fsp3) is 0.389. The lowest BCUT2D eigenvalue weighted by Gasteiger charge is -2.40. The number of rotatable bonds is 5. The number of carboxylic acid groups (broad SMARTS) is 1. The predicted octanol–water partition coefficient (Wildman–Crippen LogP) is 5.27. The van der Waals surface area contributed by atoms with E-state index in [0.29, 0.717) is 24.9 Å². The standard InChI is InChI=1S/C36H37N3O6/c40-33(37-22-26-14-5-4-12-24(26)20-32(37)35(42)43)30-19-18-29(23-10-2-1-3-11-23)38(30)34(41)31-21-25-13-6-9-17-28(25)39(31)36(44)45-27-15-7-8-16-27/h1-6,9-14,17,27,29-32H,7-8,15-16,18-22H2,(H,42,43)/t29-,30+,31+,32+/m0/s1. The minimum Gasteiger partial charge on any atom is -0.480 e. The number of aliphatic carboxylic acids is 1. The number of hydrogen-bond acceptors (Lipinski definition) is 5. The molecule has 3 aromatic rings. The van der Waals surface area contributed by atoms with Gasteiger partial charge in [0.15, 0.2) is 0 Å². The molecular weight excluding hydrogens is 570 g/mol. The van der Waals surface area contributed by atoms with E-state index in [0.717, 1.165) is 47.9 Å². The summed E-state index contributed by atoms with van der Waals surface area (Å²) >= 11 is 0. The average molecular weight is 608 g/mol. The number of benzene rings is 3. The molecule has 1 saturated carbocycles. The molecule has 232 valence electrons. The molecule has 45 heavy (non-hydrogen) atoms. The second kappa shape index (κ2) is 12.0. The number of carbonyl (C=O) groups excluding carboxylic acids is 3. The van der Waals surface area contributed by atoms with Gasteiger partial charge in [-0.2, -0.15) is 0 Å². The monoisotopic (exact) mass is 607 g/mol. The third-order valence-corrected chi connectivity index (χ3v) is 9.95. The lowest BCUT2D eigenvalue weighted by Crippen LogP contribution is -2.58. The number of nitrogens with zero attached hydrogens (tertiary/aromatic N) is 3. The predicted molar refractivity (Wildman–Crippen MR) is 166 cm³/mol. The number of fused-ring (bicyclic) bond motifs is 2. The molecule has 0 unspecified atom stereocenters. The molecule has 1 aliphatic carbocycles. The molecule has 1 N–H and O–H groups in total. The summed E-state index contributed by atoms with van der Waals surface area (Å²) in [5, 5.41) is 10.2. The van der Waals surface area contributed by atoms with Crippen molar-refractivity contribution in [3.63, 3.8) is 0 Å². The molecule has 0 aromatic heterocycles. The van der Waals surface area contributed by atoms with Gasteiger partial charge in [0.2, 0.25) is 11.8 Å². The summed E-state index contributed by atoms with van der Waals surface area (Å²) in [6.45, 7) is 0.162. The van der Waals surface area contributed by atoms with Crippen molar-refractivity contribution in [2.45, 2.75) is 88.2 Å². The number of para-hydroxylation sites is 1. The SMILES string of the molecule is O=C(O)[C@H]1Cc2ccccc2CN1C(=O)[C@H]1CC[C@@H](c2ccccc2)N1C(=O)[C@H]1Cc2ccccc2N1C(=O)OC1CCCC1. The first-order valence-electron chi connectivity index (χ1n) is 16.0. The number of hydrogen-bond donors (Lipinski definition) is 1. The molecule has 4 atom stereocenters. The van der Waals surface area contributed by atoms with Gasteiger partial charge in [0.25, 0.3) is 0 Å². The summed E-state index contributed by atoms with van der Waals surface area (Å²) in [4.78, 5) is 60.1. The zero-order chi connectivity index (χ0) is 31.1. The van der Waals surface area contributed by atoms with Crippen LogP contribution in [0.25, 0.3) is 0 Å². The summed E-state index contributed by atoms with van der Waals surface area (Å²) < 4.78 is 5.93. The van der Waals surface area contributed by atoms with Gasteiger partial charge in [-0.15, -0.1) is 0 Å². The highest BCUT2D eigenvalue weighted by molar-refractivity contribution is 6.02. The van der Waals surface area contributed by atoms with E-state index in [1.165, 1.54) is 9.80 Å². The molecule has 4 aliphatic rings. The summed E-state index contributed by atoms with van der Waals surface area (Å²) in [6, 6.07) is 21.5. The molecule has 3 aromatic carbocycles. The van der Waals surface area contributed by atoms with Gasteiger partial charge in [0.1, 0.15) is 24.2 Å². The summed E-state index contributed by atoms with van der Waals surface area (Å²) in [5.41, 5.74) is 4.24. The second-order valence-electron chi connectivity index (χ2n) is 12.6. The van der Waals surface area contributed by atoms with Crippen LogP contribution in [0.1, 0.15) is 66.8 Å². The summed E-state index contributed by atoms with van der Waals surface area (Å²) in [6.07, 6.45) is 4.36. The van der Waals surface area contributed by atoms with Crippen molar-refractivity contribution in [3.8, 4) is 0 Å². The van der Waals surface area contributed by atoms with Gasteiger partial charge in [0, 0.05) is 19.4 Å². The van der Waals surface area contributed by atoms with Gasteiger partial charge in [-0.05, 0) is 66.8 Å². The van der Waals surface area contributed by atoms with Crippen molar-refractivity contribution in [1.29, 1.82) is 0 Å². The first-order chi connectivity index (χ1) is 21.9. The highest BCUT2D eigenvalue weighted by Gasteiger charge is 2.50. The van der Waals surface area contributed by atoms with Crippen molar-refractivity contribution < 1.29 is 29.0 Å². The van der Waals surface area contributed by atoms with Gasteiger partial charge in [-0.3, -0.25) is 14.5 Å². The van der Waals surface area contributed by atoms with Gasteiger partial charge in [0.05, 0.1) is 11.7 Å². The molecule has 3 heterocycles. The quantitative estimate of drug-likeness (QED) is 0.424. The van der Waals surface area contributed by atoms with E-state index in [-0.39, 0.29) is 30.9 Å². The molecule has 3 amide bonds. The van der Waals surface area contributed by atoms with Crippen LogP contribution in [0.2, 0.25) is 0 Å². The van der Waals surface area contributed by atoms with E-state index in [2.05, 4.69) is 0 Å². The van der Waals surface area contributed by atoms with Crippen molar-refractivity contribution in [1.82, 2.24) is 9.80 Å². The van der Waals surface area contributed by atoms with Gasteiger partial charge >= 0.3 is 12.1 Å².